The van der Waals surface area contributed by atoms with Crippen LogP contribution in [0.4, 0.5) is 0 Å². The Hall–Kier alpha value is -0.750. The molecule has 2 fully saturated rings. The highest BCUT2D eigenvalue weighted by Crippen LogP contribution is 2.41. The summed E-state index contributed by atoms with van der Waals surface area (Å²) in [4.78, 5) is 11.8. The number of H-pyrrole nitrogens is 1. The third-order valence-electron chi connectivity index (χ3n) is 4.29. The molecule has 19 heavy (non-hydrogen) atoms. The molecule has 3 unspecified atom stereocenters. The van der Waals surface area contributed by atoms with Gasteiger partial charge in [0, 0.05) is 17.3 Å². The van der Waals surface area contributed by atoms with Gasteiger partial charge in [-0.1, -0.05) is 25.6 Å². The van der Waals surface area contributed by atoms with Crippen molar-refractivity contribution in [2.45, 2.75) is 62.0 Å². The molecule has 2 aliphatic rings. The molecule has 2 N–H and O–H groups in total. The standard InChI is InChI=1S/C13H22N4OS/c1-3-14-10-6-7-11(8(10)2)19-13-16-15-12(18)17(13)9-4-5-9/h8-11,14H,3-7H2,1-2H3,(H,15,18). The van der Waals surface area contributed by atoms with Crippen LogP contribution in [0.2, 0.25) is 0 Å². The number of aromatic amines is 1. The zero-order valence-electron chi connectivity index (χ0n) is 11.6. The molecule has 106 valence electrons. The second-order valence-corrected chi connectivity index (χ2v) is 6.88. The van der Waals surface area contributed by atoms with Crippen molar-refractivity contribution in [2.24, 2.45) is 5.92 Å². The molecule has 0 radical (unpaired) electrons. The van der Waals surface area contributed by atoms with Crippen LogP contribution in [0, 0.1) is 5.92 Å². The maximum atomic E-state index is 11.8. The monoisotopic (exact) mass is 282 g/mol. The number of aromatic nitrogens is 3. The van der Waals surface area contributed by atoms with Gasteiger partial charge < -0.3 is 5.32 Å². The van der Waals surface area contributed by atoms with Gasteiger partial charge in [0.1, 0.15) is 0 Å². The van der Waals surface area contributed by atoms with Crippen LogP contribution in [0.1, 0.15) is 45.6 Å². The van der Waals surface area contributed by atoms with E-state index >= 15 is 0 Å². The molecule has 1 aromatic heterocycles. The largest absolute Gasteiger partial charge is 0.344 e. The summed E-state index contributed by atoms with van der Waals surface area (Å²) in [7, 11) is 0. The minimum Gasteiger partial charge on any atom is -0.314 e. The lowest BCUT2D eigenvalue weighted by atomic mass is 10.1. The molecule has 2 aliphatic carbocycles. The van der Waals surface area contributed by atoms with Gasteiger partial charge in [0.25, 0.3) is 0 Å². The van der Waals surface area contributed by atoms with Crippen LogP contribution in [0.5, 0.6) is 0 Å². The van der Waals surface area contributed by atoms with Crippen LogP contribution in [-0.2, 0) is 0 Å². The first kappa shape index (κ1) is 13.2. The van der Waals surface area contributed by atoms with E-state index in [0.717, 1.165) is 24.5 Å². The van der Waals surface area contributed by atoms with Crippen molar-refractivity contribution >= 4 is 11.8 Å². The summed E-state index contributed by atoms with van der Waals surface area (Å²) in [5, 5.41) is 11.8. The van der Waals surface area contributed by atoms with Gasteiger partial charge in [-0.25, -0.2) is 9.89 Å². The van der Waals surface area contributed by atoms with Crippen molar-refractivity contribution in [3.63, 3.8) is 0 Å². The third-order valence-corrected chi connectivity index (χ3v) is 5.76. The summed E-state index contributed by atoms with van der Waals surface area (Å²) in [5.74, 6) is 0.629. The molecule has 1 aromatic rings. The van der Waals surface area contributed by atoms with Crippen molar-refractivity contribution in [2.75, 3.05) is 6.54 Å². The highest BCUT2D eigenvalue weighted by atomic mass is 32.2. The first-order valence-electron chi connectivity index (χ1n) is 7.27. The summed E-state index contributed by atoms with van der Waals surface area (Å²) in [6.45, 7) is 5.50. The Morgan fingerprint density at radius 1 is 1.42 bits per heavy atom. The van der Waals surface area contributed by atoms with Crippen molar-refractivity contribution in [3.05, 3.63) is 10.5 Å². The van der Waals surface area contributed by atoms with Gasteiger partial charge >= 0.3 is 5.69 Å². The maximum Gasteiger partial charge on any atom is 0.344 e. The van der Waals surface area contributed by atoms with Gasteiger partial charge in [0.15, 0.2) is 5.16 Å². The van der Waals surface area contributed by atoms with Gasteiger partial charge in [0.2, 0.25) is 0 Å². The summed E-state index contributed by atoms with van der Waals surface area (Å²) in [6, 6.07) is 1.01. The van der Waals surface area contributed by atoms with E-state index in [-0.39, 0.29) is 5.69 Å². The van der Waals surface area contributed by atoms with Crippen molar-refractivity contribution in [1.29, 1.82) is 0 Å². The van der Waals surface area contributed by atoms with E-state index in [2.05, 4.69) is 29.4 Å². The van der Waals surface area contributed by atoms with Crippen molar-refractivity contribution in [1.82, 2.24) is 20.1 Å². The van der Waals surface area contributed by atoms with Crippen LogP contribution < -0.4 is 11.0 Å². The van der Waals surface area contributed by atoms with Gasteiger partial charge in [0.05, 0.1) is 0 Å². The molecule has 0 aliphatic heterocycles. The molecular weight excluding hydrogens is 260 g/mol. The van der Waals surface area contributed by atoms with Gasteiger partial charge in [-0.05, 0) is 38.1 Å². The number of nitrogens with one attached hydrogen (secondary N) is 2. The summed E-state index contributed by atoms with van der Waals surface area (Å²) < 4.78 is 1.86. The topological polar surface area (TPSA) is 62.7 Å². The summed E-state index contributed by atoms with van der Waals surface area (Å²) >= 11 is 1.79. The molecule has 0 bridgehead atoms. The molecule has 0 aromatic carbocycles. The zero-order valence-corrected chi connectivity index (χ0v) is 12.4. The van der Waals surface area contributed by atoms with E-state index in [0.29, 0.717) is 23.3 Å². The number of thioether (sulfide) groups is 1. The van der Waals surface area contributed by atoms with Crippen molar-refractivity contribution < 1.29 is 0 Å². The molecule has 2 saturated carbocycles. The average molecular weight is 282 g/mol. The molecule has 6 heteroatoms. The number of rotatable bonds is 5. The van der Waals surface area contributed by atoms with Crippen LogP contribution in [-0.4, -0.2) is 32.6 Å². The Kier molecular flexibility index (Phi) is 3.71. The van der Waals surface area contributed by atoms with E-state index in [9.17, 15) is 4.79 Å². The Balaban J connectivity index is 1.70. The van der Waals surface area contributed by atoms with Crippen LogP contribution in [0.3, 0.4) is 0 Å². The highest BCUT2D eigenvalue weighted by molar-refractivity contribution is 7.99. The normalized spacial score (nSPS) is 30.9. The molecule has 1 heterocycles. The Bertz CT molecular complexity index is 493. The first-order valence-corrected chi connectivity index (χ1v) is 8.15. The molecule has 0 saturated heterocycles. The molecule has 3 atom stereocenters. The lowest BCUT2D eigenvalue weighted by molar-refractivity contribution is 0.441. The smallest absolute Gasteiger partial charge is 0.314 e. The number of nitrogens with zero attached hydrogens (tertiary/aromatic N) is 2. The number of hydrogen-bond acceptors (Lipinski definition) is 4. The minimum absolute atomic E-state index is 0.0427. The predicted molar refractivity (Wildman–Crippen MR) is 76.6 cm³/mol. The second-order valence-electron chi connectivity index (χ2n) is 5.67. The lowest BCUT2D eigenvalue weighted by Crippen LogP contribution is -2.33. The fourth-order valence-electron chi connectivity index (χ4n) is 3.01. The Morgan fingerprint density at radius 2 is 2.21 bits per heavy atom. The molecule has 0 amide bonds. The maximum absolute atomic E-state index is 11.8. The van der Waals surface area contributed by atoms with Crippen LogP contribution in [0.15, 0.2) is 9.95 Å². The fourth-order valence-corrected chi connectivity index (χ4v) is 4.38. The lowest BCUT2D eigenvalue weighted by Gasteiger charge is -2.20. The van der Waals surface area contributed by atoms with E-state index in [1.807, 2.05) is 4.57 Å². The van der Waals surface area contributed by atoms with Gasteiger partial charge in [-0.2, -0.15) is 0 Å². The predicted octanol–water partition coefficient (Wildman–Crippen LogP) is 1.77. The summed E-state index contributed by atoms with van der Waals surface area (Å²) in [5.41, 5.74) is -0.0427. The van der Waals surface area contributed by atoms with E-state index in [4.69, 9.17) is 0 Å². The zero-order chi connectivity index (χ0) is 13.4. The third kappa shape index (κ3) is 2.60. The fraction of sp³-hybridized carbons (Fsp3) is 0.846. The van der Waals surface area contributed by atoms with Crippen molar-refractivity contribution in [3.8, 4) is 0 Å². The molecule has 5 nitrogen and oxygen atoms in total. The molecular formula is C13H22N4OS. The Labute approximate surface area is 117 Å². The second kappa shape index (κ2) is 5.32. The van der Waals surface area contributed by atoms with E-state index < -0.39 is 0 Å². The Morgan fingerprint density at radius 3 is 2.89 bits per heavy atom. The number of hydrogen-bond donors (Lipinski definition) is 2. The summed E-state index contributed by atoms with van der Waals surface area (Å²) in [6.07, 6.45) is 4.67. The highest BCUT2D eigenvalue weighted by Gasteiger charge is 2.35. The van der Waals surface area contributed by atoms with Crippen LogP contribution >= 0.6 is 11.8 Å². The van der Waals surface area contributed by atoms with E-state index in [1.165, 1.54) is 12.8 Å². The average Bonchev–Trinajstić information content (AvgIpc) is 3.09. The first-order chi connectivity index (χ1) is 9.20. The van der Waals surface area contributed by atoms with Gasteiger partial charge in [-0.15, -0.1) is 5.10 Å². The SMILES string of the molecule is CCNC1CCC(Sc2n[nH]c(=O)n2C2CC2)C1C. The van der Waals surface area contributed by atoms with E-state index in [1.54, 1.807) is 11.8 Å². The van der Waals surface area contributed by atoms with Crippen LogP contribution in [0.25, 0.3) is 0 Å². The molecule has 0 spiro atoms. The quantitative estimate of drug-likeness (QED) is 0.864. The van der Waals surface area contributed by atoms with Gasteiger partial charge in [-0.3, -0.25) is 4.57 Å². The molecule has 3 rings (SSSR count). The minimum atomic E-state index is -0.0427.